The van der Waals surface area contributed by atoms with Crippen LogP contribution >= 0.6 is 12.2 Å². The molecular formula is C11H13FN2OS. The fourth-order valence-electron chi connectivity index (χ4n) is 1.66. The van der Waals surface area contributed by atoms with Gasteiger partial charge < -0.3 is 14.3 Å². The van der Waals surface area contributed by atoms with Gasteiger partial charge in [0, 0.05) is 7.11 Å². The summed E-state index contributed by atoms with van der Waals surface area (Å²) < 4.78 is 21.0. The van der Waals surface area contributed by atoms with Gasteiger partial charge in [-0.25, -0.2) is 4.39 Å². The van der Waals surface area contributed by atoms with E-state index in [0.29, 0.717) is 16.8 Å². The normalized spacial score (nSPS) is 13.2. The molecule has 86 valence electrons. The van der Waals surface area contributed by atoms with Gasteiger partial charge in [0.2, 0.25) is 0 Å². The first-order valence-corrected chi connectivity index (χ1v) is 5.44. The molecule has 0 fully saturated rings. The molecule has 1 aromatic carbocycles. The Morgan fingerprint density at radius 1 is 1.56 bits per heavy atom. The molecule has 0 spiro atoms. The van der Waals surface area contributed by atoms with Crippen LogP contribution < -0.4 is 0 Å². The molecular weight excluding hydrogens is 227 g/mol. The summed E-state index contributed by atoms with van der Waals surface area (Å²) in [6, 6.07) is 4.93. The third kappa shape index (κ3) is 1.88. The molecule has 0 aliphatic carbocycles. The van der Waals surface area contributed by atoms with Crippen molar-refractivity contribution in [2.45, 2.75) is 19.6 Å². The summed E-state index contributed by atoms with van der Waals surface area (Å²) in [5.74, 6) is -0.285. The Labute approximate surface area is 97.8 Å². The van der Waals surface area contributed by atoms with Crippen LogP contribution in [0.3, 0.4) is 0 Å². The number of imidazole rings is 1. The van der Waals surface area contributed by atoms with Crippen molar-refractivity contribution in [1.82, 2.24) is 9.55 Å². The Hall–Kier alpha value is -1.20. The predicted octanol–water partition coefficient (Wildman–Crippen LogP) is 2.87. The third-order valence-electron chi connectivity index (χ3n) is 2.60. The van der Waals surface area contributed by atoms with Crippen LogP contribution in [0.4, 0.5) is 4.39 Å². The van der Waals surface area contributed by atoms with E-state index in [4.69, 9.17) is 17.0 Å². The molecule has 1 N–H and O–H groups in total. The van der Waals surface area contributed by atoms with Crippen molar-refractivity contribution < 1.29 is 9.13 Å². The highest BCUT2D eigenvalue weighted by Gasteiger charge is 2.10. The standard InChI is InChI=1S/C11H13FN2OS/c1-7(15-2)6-14-9-5-3-4-8(12)10(9)13-11(14)16/h3-5,7H,6H2,1-2H3,(H,13,16). The van der Waals surface area contributed by atoms with Gasteiger partial charge >= 0.3 is 0 Å². The third-order valence-corrected chi connectivity index (χ3v) is 2.92. The monoisotopic (exact) mass is 240 g/mol. The Morgan fingerprint density at radius 2 is 2.31 bits per heavy atom. The Bertz CT molecular complexity index is 561. The molecule has 1 unspecified atom stereocenters. The van der Waals surface area contributed by atoms with Gasteiger partial charge in [-0.3, -0.25) is 0 Å². The second-order valence-corrected chi connectivity index (χ2v) is 4.11. The van der Waals surface area contributed by atoms with Crippen molar-refractivity contribution in [2.24, 2.45) is 0 Å². The molecule has 0 amide bonds. The fraction of sp³-hybridized carbons (Fsp3) is 0.364. The maximum Gasteiger partial charge on any atom is 0.178 e. The molecule has 0 aliphatic heterocycles. The van der Waals surface area contributed by atoms with E-state index in [1.54, 1.807) is 13.2 Å². The topological polar surface area (TPSA) is 29.9 Å². The number of aromatic amines is 1. The molecule has 2 aromatic rings. The van der Waals surface area contributed by atoms with Crippen LogP contribution in [0.15, 0.2) is 18.2 Å². The highest BCUT2D eigenvalue weighted by Crippen LogP contribution is 2.17. The Morgan fingerprint density at radius 3 is 3.00 bits per heavy atom. The molecule has 0 saturated heterocycles. The number of nitrogens with zero attached hydrogens (tertiary/aromatic N) is 1. The zero-order valence-electron chi connectivity index (χ0n) is 9.16. The number of halogens is 1. The van der Waals surface area contributed by atoms with Crippen LogP contribution in [0.5, 0.6) is 0 Å². The number of fused-ring (bicyclic) bond motifs is 1. The van der Waals surface area contributed by atoms with Crippen molar-refractivity contribution in [2.75, 3.05) is 7.11 Å². The number of H-pyrrole nitrogens is 1. The van der Waals surface area contributed by atoms with Crippen molar-refractivity contribution in [3.05, 3.63) is 28.8 Å². The summed E-state index contributed by atoms with van der Waals surface area (Å²) in [7, 11) is 1.64. The average Bonchev–Trinajstić information content (AvgIpc) is 2.58. The summed E-state index contributed by atoms with van der Waals surface area (Å²) in [6.45, 7) is 2.55. The molecule has 0 saturated carbocycles. The zero-order valence-corrected chi connectivity index (χ0v) is 9.97. The number of benzene rings is 1. The van der Waals surface area contributed by atoms with E-state index in [1.807, 2.05) is 17.6 Å². The highest BCUT2D eigenvalue weighted by atomic mass is 32.1. The van der Waals surface area contributed by atoms with E-state index in [9.17, 15) is 4.39 Å². The number of hydrogen-bond donors (Lipinski definition) is 1. The van der Waals surface area contributed by atoms with Crippen molar-refractivity contribution in [3.63, 3.8) is 0 Å². The number of rotatable bonds is 3. The lowest BCUT2D eigenvalue weighted by Crippen LogP contribution is -2.14. The zero-order chi connectivity index (χ0) is 11.7. The van der Waals surface area contributed by atoms with Gasteiger partial charge in [0.05, 0.1) is 18.2 Å². The lowest BCUT2D eigenvalue weighted by Gasteiger charge is -2.10. The number of aromatic nitrogens is 2. The number of hydrogen-bond acceptors (Lipinski definition) is 2. The smallest absolute Gasteiger partial charge is 0.178 e. The lowest BCUT2D eigenvalue weighted by molar-refractivity contribution is 0.104. The van der Waals surface area contributed by atoms with E-state index in [0.717, 1.165) is 5.52 Å². The average molecular weight is 240 g/mol. The highest BCUT2D eigenvalue weighted by molar-refractivity contribution is 7.71. The minimum absolute atomic E-state index is 0.0361. The summed E-state index contributed by atoms with van der Waals surface area (Å²) in [6.07, 6.45) is 0.0361. The second kappa shape index (κ2) is 4.35. The second-order valence-electron chi connectivity index (χ2n) is 3.72. The predicted molar refractivity (Wildman–Crippen MR) is 63.6 cm³/mol. The SMILES string of the molecule is COC(C)Cn1c(=S)[nH]c2c(F)cccc21. The van der Waals surface area contributed by atoms with Crippen molar-refractivity contribution in [1.29, 1.82) is 0 Å². The van der Waals surface area contributed by atoms with Gasteiger partial charge in [0.1, 0.15) is 11.3 Å². The van der Waals surface area contributed by atoms with E-state index in [-0.39, 0.29) is 11.9 Å². The van der Waals surface area contributed by atoms with Gasteiger partial charge in [0.15, 0.2) is 4.77 Å². The number of ether oxygens (including phenoxy) is 1. The summed E-state index contributed by atoms with van der Waals surface area (Å²) in [5.41, 5.74) is 1.23. The minimum Gasteiger partial charge on any atom is -0.380 e. The lowest BCUT2D eigenvalue weighted by atomic mass is 10.3. The molecule has 2 rings (SSSR count). The van der Waals surface area contributed by atoms with Crippen LogP contribution in [-0.4, -0.2) is 22.8 Å². The molecule has 5 heteroatoms. The van der Waals surface area contributed by atoms with Gasteiger partial charge in [-0.2, -0.15) is 0 Å². The number of nitrogens with one attached hydrogen (secondary N) is 1. The van der Waals surface area contributed by atoms with Crippen LogP contribution in [0, 0.1) is 10.6 Å². The molecule has 1 aromatic heterocycles. The quantitative estimate of drug-likeness (QED) is 0.836. The summed E-state index contributed by atoms with van der Waals surface area (Å²) >= 11 is 5.16. The number of methoxy groups -OCH3 is 1. The van der Waals surface area contributed by atoms with Gasteiger partial charge in [-0.15, -0.1) is 0 Å². The number of para-hydroxylation sites is 1. The van der Waals surface area contributed by atoms with E-state index in [2.05, 4.69) is 4.98 Å². The minimum atomic E-state index is -0.285. The summed E-state index contributed by atoms with van der Waals surface area (Å²) in [4.78, 5) is 2.87. The molecule has 3 nitrogen and oxygen atoms in total. The molecule has 1 heterocycles. The molecule has 0 radical (unpaired) electrons. The Balaban J connectivity index is 2.57. The van der Waals surface area contributed by atoms with Gasteiger partial charge in [-0.05, 0) is 31.3 Å². The maximum atomic E-state index is 13.5. The van der Waals surface area contributed by atoms with E-state index in [1.165, 1.54) is 6.07 Å². The van der Waals surface area contributed by atoms with Crippen LogP contribution in [0.1, 0.15) is 6.92 Å². The molecule has 0 aliphatic rings. The first-order valence-electron chi connectivity index (χ1n) is 5.03. The summed E-state index contributed by atoms with van der Waals surface area (Å²) in [5, 5.41) is 0. The first-order chi connectivity index (χ1) is 7.63. The van der Waals surface area contributed by atoms with Gasteiger partial charge in [0.25, 0.3) is 0 Å². The largest absolute Gasteiger partial charge is 0.380 e. The van der Waals surface area contributed by atoms with E-state index < -0.39 is 0 Å². The molecule has 0 bridgehead atoms. The van der Waals surface area contributed by atoms with E-state index >= 15 is 0 Å². The van der Waals surface area contributed by atoms with Crippen LogP contribution in [0.25, 0.3) is 11.0 Å². The van der Waals surface area contributed by atoms with Crippen molar-refractivity contribution >= 4 is 23.3 Å². The van der Waals surface area contributed by atoms with Crippen molar-refractivity contribution in [3.8, 4) is 0 Å². The van der Waals surface area contributed by atoms with Gasteiger partial charge in [-0.1, -0.05) is 6.07 Å². The fourth-order valence-corrected chi connectivity index (χ4v) is 1.93. The first kappa shape index (κ1) is 11.3. The molecule has 1 atom stereocenters. The maximum absolute atomic E-state index is 13.5. The molecule has 16 heavy (non-hydrogen) atoms. The van der Waals surface area contributed by atoms with Crippen LogP contribution in [0.2, 0.25) is 0 Å². The van der Waals surface area contributed by atoms with Crippen LogP contribution in [-0.2, 0) is 11.3 Å². The Kier molecular flexibility index (Phi) is 3.07.